The van der Waals surface area contributed by atoms with Crippen molar-refractivity contribution in [1.29, 1.82) is 0 Å². The fraction of sp³-hybridized carbons (Fsp3) is 0.143. The number of fused-ring (bicyclic) bond motifs is 1. The van der Waals surface area contributed by atoms with Crippen molar-refractivity contribution in [3.8, 4) is 0 Å². The first kappa shape index (κ1) is 17.6. The highest BCUT2D eigenvalue weighted by molar-refractivity contribution is 7.98. The van der Waals surface area contributed by atoms with E-state index in [1.165, 1.54) is 11.8 Å². The van der Waals surface area contributed by atoms with E-state index in [0.717, 1.165) is 28.3 Å². The summed E-state index contributed by atoms with van der Waals surface area (Å²) in [6.45, 7) is 0. The number of aromatic nitrogens is 2. The highest BCUT2D eigenvalue weighted by Gasteiger charge is 2.29. The van der Waals surface area contributed by atoms with Gasteiger partial charge in [-0.3, -0.25) is 0 Å². The molecule has 3 aromatic rings. The minimum Gasteiger partial charge on any atom is -0.460 e. The molecule has 4 rings (SSSR count). The summed E-state index contributed by atoms with van der Waals surface area (Å²) in [6.07, 6.45) is 3.31. The van der Waals surface area contributed by atoms with Gasteiger partial charge < -0.3 is 14.8 Å². The average molecular weight is 377 g/mol. The van der Waals surface area contributed by atoms with Crippen LogP contribution in [0, 0.1) is 0 Å². The molecule has 0 radical (unpaired) electrons. The Kier molecular flexibility index (Phi) is 5.09. The molecule has 1 atom stereocenters. The summed E-state index contributed by atoms with van der Waals surface area (Å²) >= 11 is 1.50. The number of anilines is 2. The molecule has 0 amide bonds. The Balaban J connectivity index is 1.83. The largest absolute Gasteiger partial charge is 0.460 e. The van der Waals surface area contributed by atoms with Crippen molar-refractivity contribution in [3.63, 3.8) is 0 Å². The molecule has 27 heavy (non-hydrogen) atoms. The lowest BCUT2D eigenvalue weighted by Crippen LogP contribution is -2.17. The first-order valence-electron chi connectivity index (χ1n) is 8.53. The van der Waals surface area contributed by atoms with Gasteiger partial charge in [0.15, 0.2) is 5.16 Å². The number of hydrogen-bond donors (Lipinski definition) is 1. The molecule has 6 heteroatoms. The minimum absolute atomic E-state index is 0.595. The second-order valence-corrected chi connectivity index (χ2v) is 6.68. The molecule has 5 nitrogen and oxygen atoms in total. The van der Waals surface area contributed by atoms with Gasteiger partial charge in [0.25, 0.3) is 0 Å². The van der Waals surface area contributed by atoms with Gasteiger partial charge in [-0.25, -0.2) is 9.97 Å². The second kappa shape index (κ2) is 7.82. The molecule has 0 aliphatic carbocycles. The van der Waals surface area contributed by atoms with Crippen LogP contribution in [-0.4, -0.2) is 23.3 Å². The van der Waals surface area contributed by atoms with Crippen LogP contribution in [0.5, 0.6) is 0 Å². The van der Waals surface area contributed by atoms with Crippen molar-refractivity contribution >= 4 is 35.1 Å². The van der Waals surface area contributed by atoms with Gasteiger partial charge in [0.05, 0.1) is 11.3 Å². The Hall–Kier alpha value is -2.83. The molecule has 1 unspecified atom stereocenters. The monoisotopic (exact) mass is 377 g/mol. The summed E-state index contributed by atoms with van der Waals surface area (Å²) in [4.78, 5) is 9.33. The smallest absolute Gasteiger partial charge is 0.232 e. The quantitative estimate of drug-likeness (QED) is 0.492. The Morgan fingerprint density at radius 1 is 1.00 bits per heavy atom. The van der Waals surface area contributed by atoms with Gasteiger partial charge in [0, 0.05) is 24.4 Å². The number of ether oxygens (including phenoxy) is 2. The Bertz CT molecular complexity index is 962. The number of para-hydroxylation sites is 1. The van der Waals surface area contributed by atoms with Crippen LogP contribution in [0.4, 0.5) is 11.5 Å². The van der Waals surface area contributed by atoms with Crippen LogP contribution in [0.15, 0.2) is 65.8 Å². The van der Waals surface area contributed by atoms with Crippen LogP contribution >= 0.6 is 11.8 Å². The molecule has 1 aromatic heterocycles. The number of hydrogen-bond acceptors (Lipinski definition) is 6. The van der Waals surface area contributed by atoms with E-state index in [2.05, 4.69) is 15.3 Å². The van der Waals surface area contributed by atoms with Gasteiger partial charge in [0.2, 0.25) is 6.29 Å². The van der Waals surface area contributed by atoms with E-state index in [1.54, 1.807) is 7.11 Å². The van der Waals surface area contributed by atoms with Crippen LogP contribution < -0.4 is 5.32 Å². The average Bonchev–Trinajstić information content (AvgIpc) is 2.74. The number of nitrogens with zero attached hydrogens (tertiary/aromatic N) is 2. The van der Waals surface area contributed by atoms with E-state index < -0.39 is 6.29 Å². The van der Waals surface area contributed by atoms with E-state index in [0.29, 0.717) is 11.0 Å². The Morgan fingerprint density at radius 3 is 2.37 bits per heavy atom. The van der Waals surface area contributed by atoms with E-state index in [-0.39, 0.29) is 0 Å². The molecule has 1 N–H and O–H groups in total. The number of nitrogens with one attached hydrogen (secondary N) is 1. The summed E-state index contributed by atoms with van der Waals surface area (Å²) in [5, 5.41) is 4.06. The SMILES string of the molecule is COC1OC(c2ccccc2)=Cc2nc(SC)nc(Nc3ccccc3)c21. The van der Waals surface area contributed by atoms with Crippen LogP contribution in [-0.2, 0) is 9.47 Å². The lowest BCUT2D eigenvalue weighted by molar-refractivity contribution is -0.0765. The molecule has 0 bridgehead atoms. The molecule has 0 saturated heterocycles. The normalized spacial score (nSPS) is 15.5. The number of thioether (sulfide) groups is 1. The summed E-state index contributed by atoms with van der Waals surface area (Å²) in [6, 6.07) is 19.8. The summed E-state index contributed by atoms with van der Waals surface area (Å²) in [7, 11) is 1.62. The molecule has 136 valence electrons. The lowest BCUT2D eigenvalue weighted by atomic mass is 10.1. The topological polar surface area (TPSA) is 56.3 Å². The molecule has 1 aliphatic heterocycles. The lowest BCUT2D eigenvalue weighted by Gasteiger charge is -2.27. The van der Waals surface area contributed by atoms with Gasteiger partial charge >= 0.3 is 0 Å². The van der Waals surface area contributed by atoms with Crippen molar-refractivity contribution in [1.82, 2.24) is 9.97 Å². The first-order chi connectivity index (χ1) is 13.3. The van der Waals surface area contributed by atoms with Gasteiger partial charge in [-0.1, -0.05) is 60.3 Å². The maximum Gasteiger partial charge on any atom is 0.232 e. The Labute approximate surface area is 162 Å². The zero-order valence-corrected chi connectivity index (χ0v) is 15.9. The van der Waals surface area contributed by atoms with Gasteiger partial charge in [-0.15, -0.1) is 0 Å². The third-order valence-corrected chi connectivity index (χ3v) is 4.73. The molecule has 2 heterocycles. The molecule has 0 fully saturated rings. The summed E-state index contributed by atoms with van der Waals surface area (Å²) < 4.78 is 11.7. The van der Waals surface area contributed by atoms with Crippen molar-refractivity contribution < 1.29 is 9.47 Å². The first-order valence-corrected chi connectivity index (χ1v) is 9.75. The fourth-order valence-corrected chi connectivity index (χ4v) is 3.28. The maximum atomic E-state index is 6.11. The van der Waals surface area contributed by atoms with E-state index in [9.17, 15) is 0 Å². The van der Waals surface area contributed by atoms with Crippen LogP contribution in [0.1, 0.15) is 23.1 Å². The second-order valence-electron chi connectivity index (χ2n) is 5.91. The van der Waals surface area contributed by atoms with E-state index in [4.69, 9.17) is 9.47 Å². The third kappa shape index (κ3) is 3.67. The van der Waals surface area contributed by atoms with Gasteiger partial charge in [0.1, 0.15) is 11.6 Å². The predicted molar refractivity (Wildman–Crippen MR) is 109 cm³/mol. The Morgan fingerprint density at radius 2 is 1.70 bits per heavy atom. The number of benzene rings is 2. The summed E-state index contributed by atoms with van der Waals surface area (Å²) in [5.74, 6) is 1.41. The van der Waals surface area contributed by atoms with Crippen molar-refractivity contribution in [3.05, 3.63) is 77.5 Å². The number of rotatable bonds is 5. The van der Waals surface area contributed by atoms with Crippen molar-refractivity contribution in [2.75, 3.05) is 18.7 Å². The molecule has 0 saturated carbocycles. The zero-order valence-electron chi connectivity index (χ0n) is 15.0. The minimum atomic E-state index is -0.595. The third-order valence-electron chi connectivity index (χ3n) is 4.18. The molecule has 1 aliphatic rings. The van der Waals surface area contributed by atoms with Crippen molar-refractivity contribution in [2.24, 2.45) is 0 Å². The molecular weight excluding hydrogens is 358 g/mol. The predicted octanol–water partition coefficient (Wildman–Crippen LogP) is 5.12. The van der Waals surface area contributed by atoms with Gasteiger partial charge in [-0.2, -0.15) is 0 Å². The summed E-state index contributed by atoms with van der Waals surface area (Å²) in [5.41, 5.74) is 3.51. The van der Waals surface area contributed by atoms with Crippen LogP contribution in [0.3, 0.4) is 0 Å². The molecule has 2 aromatic carbocycles. The highest BCUT2D eigenvalue weighted by atomic mass is 32.2. The molecular formula is C21H19N3O2S. The number of methoxy groups -OCH3 is 1. The molecule has 0 spiro atoms. The van der Waals surface area contributed by atoms with Crippen LogP contribution in [0.25, 0.3) is 11.8 Å². The standard InChI is InChI=1S/C21H19N3O2S/c1-25-20-18-16(13-17(26-20)14-9-5-3-6-10-14)23-21(27-2)24-19(18)22-15-11-7-4-8-12-15/h3-13,20H,1-2H3,(H,22,23,24). The van der Waals surface area contributed by atoms with E-state index in [1.807, 2.05) is 73.0 Å². The van der Waals surface area contributed by atoms with Crippen LogP contribution in [0.2, 0.25) is 0 Å². The van der Waals surface area contributed by atoms with Crippen molar-refractivity contribution in [2.45, 2.75) is 11.4 Å². The van der Waals surface area contributed by atoms with E-state index >= 15 is 0 Å². The maximum absolute atomic E-state index is 6.11. The zero-order chi connectivity index (χ0) is 18.6. The fourth-order valence-electron chi connectivity index (χ4n) is 2.90. The highest BCUT2D eigenvalue weighted by Crippen LogP contribution is 2.39. The van der Waals surface area contributed by atoms with Gasteiger partial charge in [-0.05, 0) is 18.4 Å².